The Kier molecular flexibility index (Phi) is 3.11. The van der Waals surface area contributed by atoms with E-state index in [0.29, 0.717) is 0 Å². The third-order valence-corrected chi connectivity index (χ3v) is 2.94. The van der Waals surface area contributed by atoms with Crippen molar-refractivity contribution in [3.8, 4) is 0 Å². The minimum Gasteiger partial charge on any atom is -0.467 e. The molecular formula is C14H17NO. The molecule has 0 radical (unpaired) electrons. The fraction of sp³-hybridized carbons (Fsp3) is 0.286. The molecule has 2 nitrogen and oxygen atoms in total. The maximum Gasteiger partial charge on any atom is 0.123 e. The van der Waals surface area contributed by atoms with Crippen LogP contribution in [-0.2, 0) is 6.42 Å². The van der Waals surface area contributed by atoms with E-state index in [1.807, 2.05) is 25.1 Å². The van der Waals surface area contributed by atoms with Crippen LogP contribution in [0.15, 0.2) is 41.0 Å². The Balaban J connectivity index is 2.17. The average Bonchev–Trinajstić information content (AvgIpc) is 2.68. The summed E-state index contributed by atoms with van der Waals surface area (Å²) in [5.41, 5.74) is 9.84. The molecular weight excluding hydrogens is 198 g/mol. The van der Waals surface area contributed by atoms with Gasteiger partial charge in [0.2, 0.25) is 0 Å². The summed E-state index contributed by atoms with van der Waals surface area (Å²) in [6.07, 6.45) is 2.52. The van der Waals surface area contributed by atoms with Crippen molar-refractivity contribution in [2.45, 2.75) is 26.3 Å². The van der Waals surface area contributed by atoms with Crippen LogP contribution in [0.3, 0.4) is 0 Å². The van der Waals surface area contributed by atoms with Gasteiger partial charge in [-0.05, 0) is 43.0 Å². The molecule has 2 heteroatoms. The van der Waals surface area contributed by atoms with Crippen LogP contribution >= 0.6 is 0 Å². The van der Waals surface area contributed by atoms with Crippen molar-refractivity contribution in [1.82, 2.24) is 0 Å². The average molecular weight is 215 g/mol. The van der Waals surface area contributed by atoms with E-state index >= 15 is 0 Å². The fourth-order valence-corrected chi connectivity index (χ4v) is 1.93. The molecule has 2 rings (SSSR count). The monoisotopic (exact) mass is 215 g/mol. The maximum atomic E-state index is 6.15. The normalized spacial score (nSPS) is 12.7. The molecule has 0 fully saturated rings. The summed E-state index contributed by atoms with van der Waals surface area (Å²) in [5.74, 6) is 0.892. The van der Waals surface area contributed by atoms with Crippen LogP contribution in [0.1, 0.15) is 28.5 Å². The van der Waals surface area contributed by atoms with Gasteiger partial charge < -0.3 is 10.2 Å². The zero-order valence-electron chi connectivity index (χ0n) is 9.73. The quantitative estimate of drug-likeness (QED) is 0.854. The van der Waals surface area contributed by atoms with Gasteiger partial charge >= 0.3 is 0 Å². The van der Waals surface area contributed by atoms with E-state index in [-0.39, 0.29) is 6.04 Å². The standard InChI is InChI=1S/C14H17NO/c1-10-5-3-4-6-12(10)9-13(15)14-11(2)7-8-16-14/h3-8,13H,9,15H2,1-2H3. The van der Waals surface area contributed by atoms with Gasteiger partial charge in [-0.1, -0.05) is 24.3 Å². The van der Waals surface area contributed by atoms with Gasteiger partial charge in [-0.25, -0.2) is 0 Å². The zero-order chi connectivity index (χ0) is 11.5. The molecule has 0 amide bonds. The Morgan fingerprint density at radius 1 is 1.12 bits per heavy atom. The molecule has 1 atom stereocenters. The highest BCUT2D eigenvalue weighted by molar-refractivity contribution is 5.28. The van der Waals surface area contributed by atoms with Crippen molar-refractivity contribution in [2.75, 3.05) is 0 Å². The first-order chi connectivity index (χ1) is 7.68. The van der Waals surface area contributed by atoms with E-state index in [9.17, 15) is 0 Å². The molecule has 1 unspecified atom stereocenters. The van der Waals surface area contributed by atoms with E-state index in [0.717, 1.165) is 17.7 Å². The Labute approximate surface area is 96.1 Å². The van der Waals surface area contributed by atoms with E-state index in [2.05, 4.69) is 19.1 Å². The molecule has 2 aromatic rings. The first kappa shape index (κ1) is 11.0. The summed E-state index contributed by atoms with van der Waals surface area (Å²) in [5, 5.41) is 0. The van der Waals surface area contributed by atoms with Crippen LogP contribution in [0, 0.1) is 13.8 Å². The van der Waals surface area contributed by atoms with Gasteiger partial charge in [0, 0.05) is 0 Å². The number of nitrogens with two attached hydrogens (primary N) is 1. The van der Waals surface area contributed by atoms with Gasteiger partial charge in [0.05, 0.1) is 12.3 Å². The van der Waals surface area contributed by atoms with E-state index in [4.69, 9.17) is 10.2 Å². The molecule has 2 N–H and O–H groups in total. The predicted octanol–water partition coefficient (Wildman–Crippen LogP) is 3.14. The lowest BCUT2D eigenvalue weighted by Crippen LogP contribution is -2.14. The van der Waals surface area contributed by atoms with E-state index < -0.39 is 0 Å². The summed E-state index contributed by atoms with van der Waals surface area (Å²) in [4.78, 5) is 0. The Morgan fingerprint density at radius 3 is 2.50 bits per heavy atom. The Bertz CT molecular complexity index is 473. The summed E-state index contributed by atoms with van der Waals surface area (Å²) in [6.45, 7) is 4.13. The SMILES string of the molecule is Cc1ccccc1CC(N)c1occc1C. The highest BCUT2D eigenvalue weighted by Gasteiger charge is 2.13. The molecule has 0 bridgehead atoms. The molecule has 0 saturated carbocycles. The Hall–Kier alpha value is -1.54. The van der Waals surface area contributed by atoms with Gasteiger partial charge in [-0.2, -0.15) is 0 Å². The summed E-state index contributed by atoms with van der Waals surface area (Å²) >= 11 is 0. The van der Waals surface area contributed by atoms with Crippen LogP contribution in [-0.4, -0.2) is 0 Å². The van der Waals surface area contributed by atoms with Crippen molar-refractivity contribution < 1.29 is 4.42 Å². The first-order valence-electron chi connectivity index (χ1n) is 5.52. The second-order valence-corrected chi connectivity index (χ2v) is 4.20. The van der Waals surface area contributed by atoms with Gasteiger partial charge in [0.1, 0.15) is 5.76 Å². The van der Waals surface area contributed by atoms with Crippen molar-refractivity contribution >= 4 is 0 Å². The smallest absolute Gasteiger partial charge is 0.123 e. The highest BCUT2D eigenvalue weighted by Crippen LogP contribution is 2.21. The van der Waals surface area contributed by atoms with Gasteiger partial charge in [-0.15, -0.1) is 0 Å². The minimum absolute atomic E-state index is 0.0592. The molecule has 0 spiro atoms. The molecule has 0 aliphatic heterocycles. The van der Waals surface area contributed by atoms with Crippen LogP contribution < -0.4 is 5.73 Å². The van der Waals surface area contributed by atoms with Crippen molar-refractivity contribution in [2.24, 2.45) is 5.73 Å². The van der Waals surface area contributed by atoms with Crippen molar-refractivity contribution in [1.29, 1.82) is 0 Å². The number of rotatable bonds is 3. The molecule has 0 aliphatic carbocycles. The number of furan rings is 1. The van der Waals surface area contributed by atoms with E-state index in [1.54, 1.807) is 6.26 Å². The summed E-state index contributed by atoms with van der Waals surface area (Å²) in [6, 6.07) is 10.2. The summed E-state index contributed by atoms with van der Waals surface area (Å²) in [7, 11) is 0. The molecule has 0 saturated heterocycles. The van der Waals surface area contributed by atoms with Gasteiger partial charge in [0.25, 0.3) is 0 Å². The highest BCUT2D eigenvalue weighted by atomic mass is 16.3. The third kappa shape index (κ3) is 2.17. The topological polar surface area (TPSA) is 39.2 Å². The van der Waals surface area contributed by atoms with Crippen molar-refractivity contribution in [3.05, 3.63) is 59.0 Å². The first-order valence-corrected chi connectivity index (χ1v) is 5.52. The zero-order valence-corrected chi connectivity index (χ0v) is 9.73. The lowest BCUT2D eigenvalue weighted by atomic mass is 9.99. The predicted molar refractivity (Wildman–Crippen MR) is 65.3 cm³/mol. The van der Waals surface area contributed by atoms with Crippen LogP contribution in [0.5, 0.6) is 0 Å². The second kappa shape index (κ2) is 4.54. The fourth-order valence-electron chi connectivity index (χ4n) is 1.93. The van der Waals surface area contributed by atoms with Crippen LogP contribution in [0.2, 0.25) is 0 Å². The lowest BCUT2D eigenvalue weighted by molar-refractivity contribution is 0.461. The van der Waals surface area contributed by atoms with Crippen molar-refractivity contribution in [3.63, 3.8) is 0 Å². The molecule has 0 aliphatic rings. The molecule has 16 heavy (non-hydrogen) atoms. The number of hydrogen-bond acceptors (Lipinski definition) is 2. The third-order valence-electron chi connectivity index (χ3n) is 2.94. The number of hydrogen-bond donors (Lipinski definition) is 1. The molecule has 1 aromatic carbocycles. The van der Waals surface area contributed by atoms with Gasteiger partial charge in [0.15, 0.2) is 0 Å². The minimum atomic E-state index is -0.0592. The molecule has 1 aromatic heterocycles. The summed E-state index contributed by atoms with van der Waals surface area (Å²) < 4.78 is 5.41. The Morgan fingerprint density at radius 2 is 1.88 bits per heavy atom. The van der Waals surface area contributed by atoms with E-state index in [1.165, 1.54) is 11.1 Å². The number of benzene rings is 1. The van der Waals surface area contributed by atoms with Gasteiger partial charge in [-0.3, -0.25) is 0 Å². The van der Waals surface area contributed by atoms with Crippen LogP contribution in [0.25, 0.3) is 0 Å². The molecule has 84 valence electrons. The lowest BCUT2D eigenvalue weighted by Gasteiger charge is -2.12. The largest absolute Gasteiger partial charge is 0.467 e. The number of aryl methyl sites for hydroxylation is 2. The second-order valence-electron chi connectivity index (χ2n) is 4.20. The molecule has 1 heterocycles. The van der Waals surface area contributed by atoms with Crippen LogP contribution in [0.4, 0.5) is 0 Å². The maximum absolute atomic E-state index is 6.15.